The van der Waals surface area contributed by atoms with Crippen molar-refractivity contribution in [3.05, 3.63) is 0 Å². The van der Waals surface area contributed by atoms with Gasteiger partial charge in [-0.15, -0.1) is 0 Å². The number of nitrogens with zero attached hydrogens (tertiary/aromatic N) is 1. The van der Waals surface area contributed by atoms with Crippen LogP contribution in [0.5, 0.6) is 0 Å². The van der Waals surface area contributed by atoms with Gasteiger partial charge in [-0.05, 0) is 20.3 Å². The minimum absolute atomic E-state index is 0. The van der Waals surface area contributed by atoms with Crippen LogP contribution in [0.2, 0.25) is 0 Å². The molecule has 0 fully saturated rings. The first-order valence-electron chi connectivity index (χ1n) is 5.21. The predicted octanol–water partition coefficient (Wildman–Crippen LogP) is -1.53. The van der Waals surface area contributed by atoms with E-state index in [2.05, 4.69) is 41.9 Å². The average molecular weight is 242 g/mol. The Morgan fingerprint density at radius 1 is 1.13 bits per heavy atom. The molecule has 96 valence electrons. The molecule has 0 unspecified atom stereocenters. The van der Waals surface area contributed by atoms with Crippen LogP contribution in [-0.4, -0.2) is 49.9 Å². The molecule has 0 bridgehead atoms. The third-order valence-electron chi connectivity index (χ3n) is 1.85. The fourth-order valence-corrected chi connectivity index (χ4v) is 1.68. The highest BCUT2D eigenvalue weighted by Gasteiger charge is 2.26. The van der Waals surface area contributed by atoms with Gasteiger partial charge < -0.3 is 27.1 Å². The molecule has 0 amide bonds. The van der Waals surface area contributed by atoms with Crippen LogP contribution in [0.15, 0.2) is 0 Å². The van der Waals surface area contributed by atoms with Gasteiger partial charge >= 0.3 is 0 Å². The fraction of sp³-hybridized carbons (Fsp3) is 1.00. The van der Waals surface area contributed by atoms with Crippen LogP contribution in [0.4, 0.5) is 0 Å². The lowest BCUT2D eigenvalue weighted by Crippen LogP contribution is -3.00. The molecule has 0 aromatic carbocycles. The molecule has 0 atom stereocenters. The lowest BCUT2D eigenvalue weighted by Gasteiger charge is -2.34. The smallest absolute Gasteiger partial charge is 0.111 e. The Kier molecular flexibility index (Phi) is 11.4. The van der Waals surface area contributed by atoms with Crippen molar-refractivity contribution < 1.29 is 27.1 Å². The summed E-state index contributed by atoms with van der Waals surface area (Å²) >= 11 is 0. The minimum Gasteiger partial charge on any atom is -1.00 e. The van der Waals surface area contributed by atoms with E-state index in [-0.39, 0.29) is 23.5 Å². The van der Waals surface area contributed by atoms with Crippen LogP contribution in [0.3, 0.4) is 0 Å². The second-order valence-corrected chi connectivity index (χ2v) is 5.41. The SMILES string of the molecule is CCCCOC(C)(C)C[N+](C)(C)C.O.[Cl-]. The number of hydrogen-bond acceptors (Lipinski definition) is 1. The second-order valence-electron chi connectivity index (χ2n) is 5.41. The highest BCUT2D eigenvalue weighted by Crippen LogP contribution is 2.13. The van der Waals surface area contributed by atoms with Gasteiger partial charge in [0.1, 0.15) is 12.1 Å². The van der Waals surface area contributed by atoms with Gasteiger partial charge in [0, 0.05) is 6.61 Å². The number of unbranched alkanes of at least 4 members (excludes halogenated alkanes) is 1. The van der Waals surface area contributed by atoms with E-state index in [1.165, 1.54) is 12.8 Å². The van der Waals surface area contributed by atoms with E-state index in [0.29, 0.717) is 0 Å². The Bertz CT molecular complexity index is 144. The third-order valence-corrected chi connectivity index (χ3v) is 1.85. The second kappa shape index (κ2) is 8.34. The molecule has 2 N–H and O–H groups in total. The first kappa shape index (κ1) is 20.6. The van der Waals surface area contributed by atoms with E-state index >= 15 is 0 Å². The Labute approximate surface area is 101 Å². The molecule has 0 radical (unpaired) electrons. The van der Waals surface area contributed by atoms with E-state index in [9.17, 15) is 0 Å². The van der Waals surface area contributed by atoms with E-state index in [0.717, 1.165) is 17.6 Å². The number of halogens is 1. The molecule has 0 rings (SSSR count). The Hall–Kier alpha value is 0.170. The van der Waals surface area contributed by atoms with Crippen molar-refractivity contribution in [2.75, 3.05) is 34.3 Å². The topological polar surface area (TPSA) is 40.7 Å². The molecule has 0 spiro atoms. The van der Waals surface area contributed by atoms with Gasteiger partial charge in [-0.25, -0.2) is 0 Å². The number of hydrogen-bond donors (Lipinski definition) is 0. The van der Waals surface area contributed by atoms with Crippen molar-refractivity contribution >= 4 is 0 Å². The quantitative estimate of drug-likeness (QED) is 0.411. The van der Waals surface area contributed by atoms with E-state index in [1.807, 2.05) is 0 Å². The van der Waals surface area contributed by atoms with E-state index in [1.54, 1.807) is 0 Å². The highest BCUT2D eigenvalue weighted by molar-refractivity contribution is 4.67. The molecule has 15 heavy (non-hydrogen) atoms. The van der Waals surface area contributed by atoms with Gasteiger partial charge in [-0.3, -0.25) is 0 Å². The summed E-state index contributed by atoms with van der Waals surface area (Å²) in [6.07, 6.45) is 2.38. The van der Waals surface area contributed by atoms with E-state index < -0.39 is 0 Å². The van der Waals surface area contributed by atoms with Crippen LogP contribution in [0.1, 0.15) is 33.6 Å². The maximum absolute atomic E-state index is 5.83. The van der Waals surface area contributed by atoms with Crippen LogP contribution >= 0.6 is 0 Å². The zero-order valence-corrected chi connectivity index (χ0v) is 11.8. The highest BCUT2D eigenvalue weighted by atomic mass is 35.5. The van der Waals surface area contributed by atoms with Gasteiger partial charge in [-0.2, -0.15) is 0 Å². The first-order chi connectivity index (χ1) is 5.77. The molecule has 0 heterocycles. The van der Waals surface area contributed by atoms with Crippen LogP contribution in [0.25, 0.3) is 0 Å². The average Bonchev–Trinajstić information content (AvgIpc) is 1.81. The Balaban J connectivity index is -0.000000720. The lowest BCUT2D eigenvalue weighted by molar-refractivity contribution is -0.876. The number of quaternary nitrogens is 1. The monoisotopic (exact) mass is 241 g/mol. The molecule has 0 aliphatic rings. The van der Waals surface area contributed by atoms with Gasteiger partial charge in [0.2, 0.25) is 0 Å². The van der Waals surface area contributed by atoms with Gasteiger partial charge in [0.05, 0.1) is 21.1 Å². The summed E-state index contributed by atoms with van der Waals surface area (Å²) in [6, 6.07) is 0. The molecule has 0 aromatic rings. The van der Waals surface area contributed by atoms with E-state index in [4.69, 9.17) is 4.74 Å². The predicted molar refractivity (Wildman–Crippen MR) is 61.5 cm³/mol. The van der Waals surface area contributed by atoms with Crippen molar-refractivity contribution in [1.82, 2.24) is 0 Å². The standard InChI is InChI=1S/C11H26NO.ClH.H2O/c1-7-8-9-13-11(2,3)10-12(4,5)6;;/h7-10H2,1-6H3;1H;1H2/q+1;;/p-1. The molecule has 0 saturated heterocycles. The summed E-state index contributed by atoms with van der Waals surface area (Å²) in [5.41, 5.74) is 0.00736. The van der Waals surface area contributed by atoms with Crippen molar-refractivity contribution in [2.45, 2.75) is 39.2 Å². The molecule has 0 aliphatic heterocycles. The normalized spacial score (nSPS) is 11.6. The maximum Gasteiger partial charge on any atom is 0.111 e. The van der Waals surface area contributed by atoms with Crippen molar-refractivity contribution in [2.24, 2.45) is 0 Å². The van der Waals surface area contributed by atoms with Crippen molar-refractivity contribution in [3.8, 4) is 0 Å². The number of ether oxygens (including phenoxy) is 1. The molecular formula is C11H28ClNO2. The van der Waals surface area contributed by atoms with Crippen LogP contribution in [-0.2, 0) is 4.74 Å². The molecule has 4 heteroatoms. The minimum atomic E-state index is 0. The van der Waals surface area contributed by atoms with Crippen molar-refractivity contribution in [3.63, 3.8) is 0 Å². The summed E-state index contributed by atoms with van der Waals surface area (Å²) < 4.78 is 6.79. The Morgan fingerprint density at radius 2 is 1.60 bits per heavy atom. The van der Waals surface area contributed by atoms with Gasteiger partial charge in [-0.1, -0.05) is 13.3 Å². The lowest BCUT2D eigenvalue weighted by atomic mass is 10.1. The molecular weight excluding hydrogens is 214 g/mol. The summed E-state index contributed by atoms with van der Waals surface area (Å²) in [7, 11) is 6.60. The Morgan fingerprint density at radius 3 is 1.93 bits per heavy atom. The van der Waals surface area contributed by atoms with Crippen molar-refractivity contribution in [1.29, 1.82) is 0 Å². The summed E-state index contributed by atoms with van der Waals surface area (Å²) in [6.45, 7) is 8.48. The summed E-state index contributed by atoms with van der Waals surface area (Å²) in [4.78, 5) is 0. The summed E-state index contributed by atoms with van der Waals surface area (Å²) in [5.74, 6) is 0. The van der Waals surface area contributed by atoms with Crippen LogP contribution in [0, 0.1) is 0 Å². The summed E-state index contributed by atoms with van der Waals surface area (Å²) in [5, 5.41) is 0. The number of likely N-dealkylation sites (N-methyl/N-ethyl adjacent to an activating group) is 1. The first-order valence-corrected chi connectivity index (χ1v) is 5.21. The molecule has 0 aliphatic carbocycles. The largest absolute Gasteiger partial charge is 1.00 e. The molecule has 3 nitrogen and oxygen atoms in total. The molecule has 0 saturated carbocycles. The zero-order chi connectivity index (χ0) is 10.5. The number of rotatable bonds is 6. The van der Waals surface area contributed by atoms with Crippen LogP contribution < -0.4 is 12.4 Å². The van der Waals surface area contributed by atoms with Gasteiger partial charge in [0.25, 0.3) is 0 Å². The maximum atomic E-state index is 5.83. The fourth-order valence-electron chi connectivity index (χ4n) is 1.68. The third kappa shape index (κ3) is 14.2. The molecule has 0 aromatic heterocycles. The van der Waals surface area contributed by atoms with Gasteiger partial charge in [0.15, 0.2) is 0 Å². The zero-order valence-electron chi connectivity index (χ0n) is 11.1.